The van der Waals surface area contributed by atoms with Crippen molar-refractivity contribution in [1.29, 1.82) is 0 Å². The lowest BCUT2D eigenvalue weighted by molar-refractivity contribution is -0.0134. The van der Waals surface area contributed by atoms with Crippen molar-refractivity contribution in [1.82, 2.24) is 5.32 Å². The van der Waals surface area contributed by atoms with E-state index in [0.717, 1.165) is 32.4 Å². The Morgan fingerprint density at radius 1 is 1.17 bits per heavy atom. The minimum atomic E-state index is -0.337. The Balaban J connectivity index is 1.90. The zero-order valence-corrected chi connectivity index (χ0v) is 7.90. The van der Waals surface area contributed by atoms with Gasteiger partial charge in [0.05, 0.1) is 5.60 Å². The van der Waals surface area contributed by atoms with Crippen molar-refractivity contribution in [2.24, 2.45) is 5.41 Å². The maximum Gasteiger partial charge on any atom is 0.0677 e. The first-order valence-electron chi connectivity index (χ1n) is 5.05. The smallest absolute Gasteiger partial charge is 0.0677 e. The molecule has 2 N–H and O–H groups in total. The third-order valence-corrected chi connectivity index (χ3v) is 3.39. The van der Waals surface area contributed by atoms with Crippen molar-refractivity contribution in [3.8, 4) is 0 Å². The predicted molar refractivity (Wildman–Crippen MR) is 49.0 cm³/mol. The van der Waals surface area contributed by atoms with Crippen LogP contribution in [-0.2, 0) is 0 Å². The Morgan fingerprint density at radius 2 is 1.75 bits per heavy atom. The Bertz CT molecular complexity index is 169. The van der Waals surface area contributed by atoms with Gasteiger partial charge in [0.15, 0.2) is 0 Å². The van der Waals surface area contributed by atoms with Crippen molar-refractivity contribution < 1.29 is 5.11 Å². The van der Waals surface area contributed by atoms with Crippen molar-refractivity contribution in [3.63, 3.8) is 0 Å². The molecule has 1 heterocycles. The largest absolute Gasteiger partial charge is 0.390 e. The van der Waals surface area contributed by atoms with Gasteiger partial charge >= 0.3 is 0 Å². The average Bonchev–Trinajstić information content (AvgIpc) is 2.67. The molecule has 0 amide bonds. The van der Waals surface area contributed by atoms with Crippen LogP contribution in [0.3, 0.4) is 0 Å². The molecule has 0 aromatic heterocycles. The molecule has 0 unspecified atom stereocenters. The summed E-state index contributed by atoms with van der Waals surface area (Å²) in [6, 6.07) is 0. The van der Waals surface area contributed by atoms with Gasteiger partial charge in [-0.1, -0.05) is 6.92 Å². The maximum atomic E-state index is 10.2. The monoisotopic (exact) mass is 169 g/mol. The first-order chi connectivity index (χ1) is 5.62. The minimum absolute atomic E-state index is 0.337. The van der Waals surface area contributed by atoms with Crippen LogP contribution in [0.5, 0.6) is 0 Å². The summed E-state index contributed by atoms with van der Waals surface area (Å²) in [7, 11) is 0. The molecule has 0 atom stereocenters. The zero-order valence-electron chi connectivity index (χ0n) is 7.90. The van der Waals surface area contributed by atoms with Gasteiger partial charge in [-0.2, -0.15) is 0 Å². The Hall–Kier alpha value is -0.0800. The lowest BCUT2D eigenvalue weighted by atomic mass is 9.82. The molecular formula is C10H19NO. The highest BCUT2D eigenvalue weighted by Gasteiger charge is 2.44. The highest BCUT2D eigenvalue weighted by Crippen LogP contribution is 2.52. The van der Waals surface area contributed by atoms with Crippen molar-refractivity contribution in [3.05, 3.63) is 0 Å². The Morgan fingerprint density at radius 3 is 2.25 bits per heavy atom. The molecule has 1 saturated carbocycles. The van der Waals surface area contributed by atoms with Gasteiger partial charge in [-0.3, -0.25) is 0 Å². The lowest BCUT2D eigenvalue weighted by Gasteiger charge is -2.34. The van der Waals surface area contributed by atoms with Gasteiger partial charge < -0.3 is 10.4 Å². The summed E-state index contributed by atoms with van der Waals surface area (Å²) in [4.78, 5) is 0. The van der Waals surface area contributed by atoms with E-state index < -0.39 is 0 Å². The normalized spacial score (nSPS) is 31.5. The lowest BCUT2D eigenvalue weighted by Crippen LogP contribution is -2.43. The van der Waals surface area contributed by atoms with E-state index in [0.29, 0.717) is 5.41 Å². The molecule has 1 aliphatic carbocycles. The fourth-order valence-electron chi connectivity index (χ4n) is 2.25. The molecule has 2 heteroatoms. The summed E-state index contributed by atoms with van der Waals surface area (Å²) in [6.45, 7) is 4.28. The molecule has 2 rings (SSSR count). The van der Waals surface area contributed by atoms with Crippen LogP contribution in [-0.4, -0.2) is 23.8 Å². The third kappa shape index (κ3) is 1.80. The topological polar surface area (TPSA) is 32.3 Å². The summed E-state index contributed by atoms with van der Waals surface area (Å²) in [5.74, 6) is 0. The van der Waals surface area contributed by atoms with Crippen LogP contribution in [0.25, 0.3) is 0 Å². The number of hydrogen-bond acceptors (Lipinski definition) is 2. The molecule has 0 bridgehead atoms. The molecule has 0 aromatic rings. The Kier molecular flexibility index (Phi) is 1.92. The van der Waals surface area contributed by atoms with Crippen LogP contribution in [0.4, 0.5) is 0 Å². The molecule has 12 heavy (non-hydrogen) atoms. The molecule has 0 aromatic carbocycles. The van der Waals surface area contributed by atoms with Crippen molar-refractivity contribution in [2.75, 3.05) is 13.1 Å². The second-order valence-corrected chi connectivity index (χ2v) is 4.96. The SMILES string of the molecule is CC1(CC2(O)CCNCC2)CC1. The third-order valence-electron chi connectivity index (χ3n) is 3.39. The van der Waals surface area contributed by atoms with Crippen LogP contribution in [0.2, 0.25) is 0 Å². The number of nitrogens with one attached hydrogen (secondary N) is 1. The van der Waals surface area contributed by atoms with E-state index in [-0.39, 0.29) is 5.60 Å². The van der Waals surface area contributed by atoms with E-state index >= 15 is 0 Å². The molecule has 2 nitrogen and oxygen atoms in total. The summed E-state index contributed by atoms with van der Waals surface area (Å²) in [5.41, 5.74) is 0.155. The molecule has 2 fully saturated rings. The highest BCUT2D eigenvalue weighted by atomic mass is 16.3. The van der Waals surface area contributed by atoms with Gasteiger partial charge in [0.1, 0.15) is 0 Å². The molecule has 1 aliphatic heterocycles. The van der Waals surface area contributed by atoms with E-state index in [2.05, 4.69) is 12.2 Å². The van der Waals surface area contributed by atoms with Crippen LogP contribution in [0, 0.1) is 5.41 Å². The number of hydrogen-bond donors (Lipinski definition) is 2. The highest BCUT2D eigenvalue weighted by molar-refractivity contribution is 4.97. The quantitative estimate of drug-likeness (QED) is 0.653. The molecule has 0 radical (unpaired) electrons. The van der Waals surface area contributed by atoms with Gasteiger partial charge in [0, 0.05) is 0 Å². The van der Waals surface area contributed by atoms with Gasteiger partial charge in [-0.05, 0) is 50.6 Å². The van der Waals surface area contributed by atoms with Crippen LogP contribution in [0.15, 0.2) is 0 Å². The molecule has 1 saturated heterocycles. The number of rotatable bonds is 2. The fourth-order valence-corrected chi connectivity index (χ4v) is 2.25. The summed E-state index contributed by atoms with van der Waals surface area (Å²) in [6.07, 6.45) is 5.57. The Labute approximate surface area is 74.4 Å². The first-order valence-corrected chi connectivity index (χ1v) is 5.05. The summed E-state index contributed by atoms with van der Waals surface area (Å²) < 4.78 is 0. The standard InChI is InChI=1S/C10H19NO/c1-9(2-3-9)8-10(12)4-6-11-7-5-10/h11-12H,2-8H2,1H3. The summed E-state index contributed by atoms with van der Waals surface area (Å²) >= 11 is 0. The fraction of sp³-hybridized carbons (Fsp3) is 1.00. The average molecular weight is 169 g/mol. The second-order valence-electron chi connectivity index (χ2n) is 4.96. The van der Waals surface area contributed by atoms with Crippen molar-refractivity contribution >= 4 is 0 Å². The van der Waals surface area contributed by atoms with Gasteiger partial charge in [0.25, 0.3) is 0 Å². The van der Waals surface area contributed by atoms with Gasteiger partial charge in [-0.15, -0.1) is 0 Å². The van der Waals surface area contributed by atoms with Gasteiger partial charge in [-0.25, -0.2) is 0 Å². The second kappa shape index (κ2) is 2.71. The van der Waals surface area contributed by atoms with Crippen LogP contribution >= 0.6 is 0 Å². The molecule has 0 spiro atoms. The van der Waals surface area contributed by atoms with E-state index in [1.54, 1.807) is 0 Å². The number of aliphatic hydroxyl groups is 1. The first kappa shape index (κ1) is 8.52. The van der Waals surface area contributed by atoms with E-state index in [9.17, 15) is 5.11 Å². The van der Waals surface area contributed by atoms with E-state index in [1.807, 2.05) is 0 Å². The molecular weight excluding hydrogens is 150 g/mol. The van der Waals surface area contributed by atoms with Crippen molar-refractivity contribution in [2.45, 2.75) is 44.6 Å². The maximum absolute atomic E-state index is 10.2. The van der Waals surface area contributed by atoms with E-state index in [1.165, 1.54) is 12.8 Å². The zero-order chi connectivity index (χ0) is 8.66. The molecule has 70 valence electrons. The van der Waals surface area contributed by atoms with Crippen LogP contribution in [0.1, 0.15) is 39.0 Å². The van der Waals surface area contributed by atoms with Crippen LogP contribution < -0.4 is 5.32 Å². The number of piperidine rings is 1. The minimum Gasteiger partial charge on any atom is -0.390 e. The predicted octanol–water partition coefficient (Wildman–Crippen LogP) is 1.29. The molecule has 2 aliphatic rings. The summed E-state index contributed by atoms with van der Waals surface area (Å²) in [5, 5.41) is 13.5. The van der Waals surface area contributed by atoms with E-state index in [4.69, 9.17) is 0 Å². The van der Waals surface area contributed by atoms with Gasteiger partial charge in [0.2, 0.25) is 0 Å².